The Balaban J connectivity index is 2.24. The van der Waals surface area contributed by atoms with Gasteiger partial charge in [-0.3, -0.25) is 0 Å². The molecule has 0 saturated heterocycles. The van der Waals surface area contributed by atoms with E-state index in [0.717, 1.165) is 45.4 Å². The standard InChI is InChI=1S/C43H44/c1-7-13-21-36(22-14-8-2)34(11-5)29-35(12-6)41-31-42(38-25-18-17-19-26-38)33-43(32-41)40-28-20-27-39(30-40)37(23-15-9-3)24-16-10-4/h7,9-33H,3,6,8H2,1-2,4-5H3/b13-7-,16-10-,22-14-,23-15-,34-11+,35-29+,36-21+,37-24+. The Bertz CT molecular complexity index is 1620. The lowest BCUT2D eigenvalue weighted by atomic mass is 9.90. The predicted molar refractivity (Wildman–Crippen MR) is 194 cm³/mol. The van der Waals surface area contributed by atoms with E-state index in [-0.39, 0.29) is 0 Å². The summed E-state index contributed by atoms with van der Waals surface area (Å²) in [6.07, 6.45) is 30.2. The molecule has 0 amide bonds. The van der Waals surface area contributed by atoms with Crippen molar-refractivity contribution in [3.05, 3.63) is 193 Å². The Labute approximate surface area is 260 Å². The van der Waals surface area contributed by atoms with Crippen molar-refractivity contribution in [1.82, 2.24) is 0 Å². The van der Waals surface area contributed by atoms with Gasteiger partial charge in [-0.15, -0.1) is 0 Å². The monoisotopic (exact) mass is 560 g/mol. The molecule has 0 aliphatic rings. The van der Waals surface area contributed by atoms with Gasteiger partial charge in [0, 0.05) is 0 Å². The summed E-state index contributed by atoms with van der Waals surface area (Å²) in [6, 6.07) is 26.1. The van der Waals surface area contributed by atoms with Crippen LogP contribution in [0.4, 0.5) is 0 Å². The fourth-order valence-corrected chi connectivity index (χ4v) is 4.71. The van der Waals surface area contributed by atoms with Gasteiger partial charge in [-0.1, -0.05) is 148 Å². The van der Waals surface area contributed by atoms with Crippen molar-refractivity contribution in [1.29, 1.82) is 0 Å². The van der Waals surface area contributed by atoms with Gasteiger partial charge in [0.25, 0.3) is 0 Å². The highest BCUT2D eigenvalue weighted by molar-refractivity contribution is 5.86. The highest BCUT2D eigenvalue weighted by Crippen LogP contribution is 2.34. The third kappa shape index (κ3) is 9.55. The molecule has 0 fully saturated rings. The van der Waals surface area contributed by atoms with Gasteiger partial charge in [-0.25, -0.2) is 0 Å². The minimum atomic E-state index is 0.985. The molecule has 43 heavy (non-hydrogen) atoms. The molecular formula is C43H44. The quantitative estimate of drug-likeness (QED) is 0.182. The van der Waals surface area contributed by atoms with E-state index in [4.69, 9.17) is 0 Å². The van der Waals surface area contributed by atoms with E-state index in [9.17, 15) is 0 Å². The molecule has 0 aliphatic carbocycles. The molecule has 0 spiro atoms. The van der Waals surface area contributed by atoms with Gasteiger partial charge in [-0.2, -0.15) is 0 Å². The molecular weight excluding hydrogens is 516 g/mol. The maximum Gasteiger partial charge on any atom is -0.0171 e. The van der Waals surface area contributed by atoms with E-state index in [1.807, 2.05) is 38.2 Å². The smallest absolute Gasteiger partial charge is 0.0171 e. The van der Waals surface area contributed by atoms with Crippen LogP contribution in [0, 0.1) is 0 Å². The second-order valence-electron chi connectivity index (χ2n) is 9.99. The Morgan fingerprint density at radius 3 is 1.95 bits per heavy atom. The van der Waals surface area contributed by atoms with Gasteiger partial charge in [0.05, 0.1) is 0 Å². The third-order valence-corrected chi connectivity index (χ3v) is 6.96. The summed E-state index contributed by atoms with van der Waals surface area (Å²) in [5.41, 5.74) is 11.5. The van der Waals surface area contributed by atoms with Crippen molar-refractivity contribution < 1.29 is 0 Å². The molecule has 0 aliphatic heterocycles. The maximum atomic E-state index is 4.23. The Morgan fingerprint density at radius 1 is 0.628 bits per heavy atom. The van der Waals surface area contributed by atoms with Crippen molar-refractivity contribution in [2.45, 2.75) is 34.1 Å². The van der Waals surface area contributed by atoms with Crippen LogP contribution in [0.5, 0.6) is 0 Å². The van der Waals surface area contributed by atoms with Crippen molar-refractivity contribution in [3.8, 4) is 22.3 Å². The molecule has 0 bridgehead atoms. The summed E-state index contributed by atoms with van der Waals surface area (Å²) >= 11 is 0. The second-order valence-corrected chi connectivity index (χ2v) is 9.99. The van der Waals surface area contributed by atoms with Gasteiger partial charge in [0.1, 0.15) is 0 Å². The Morgan fingerprint density at radius 2 is 1.30 bits per heavy atom. The molecule has 0 aromatic heterocycles. The third-order valence-electron chi connectivity index (χ3n) is 6.96. The van der Waals surface area contributed by atoms with Crippen molar-refractivity contribution in [3.63, 3.8) is 0 Å². The summed E-state index contributed by atoms with van der Waals surface area (Å²) < 4.78 is 0. The lowest BCUT2D eigenvalue weighted by Crippen LogP contribution is -1.91. The van der Waals surface area contributed by atoms with E-state index >= 15 is 0 Å². The first-order valence-electron chi connectivity index (χ1n) is 15.0. The summed E-state index contributed by atoms with van der Waals surface area (Å²) in [6.45, 7) is 16.4. The van der Waals surface area contributed by atoms with Crippen LogP contribution >= 0.6 is 0 Å². The summed E-state index contributed by atoms with van der Waals surface area (Å²) in [5, 5.41) is 0. The van der Waals surface area contributed by atoms with Crippen LogP contribution in [0.3, 0.4) is 0 Å². The predicted octanol–water partition coefficient (Wildman–Crippen LogP) is 12.7. The molecule has 0 heterocycles. The van der Waals surface area contributed by atoms with Crippen LogP contribution in [0.1, 0.15) is 45.2 Å². The van der Waals surface area contributed by atoms with Crippen LogP contribution in [-0.2, 0) is 0 Å². The van der Waals surface area contributed by atoms with Gasteiger partial charge < -0.3 is 0 Å². The molecule has 3 rings (SSSR count). The van der Waals surface area contributed by atoms with Crippen LogP contribution < -0.4 is 0 Å². The highest BCUT2D eigenvalue weighted by atomic mass is 14.1. The molecule has 216 valence electrons. The zero-order valence-corrected chi connectivity index (χ0v) is 26.1. The van der Waals surface area contributed by atoms with E-state index < -0.39 is 0 Å². The highest BCUT2D eigenvalue weighted by Gasteiger charge is 2.10. The van der Waals surface area contributed by atoms with Crippen molar-refractivity contribution in [2.24, 2.45) is 0 Å². The van der Waals surface area contributed by atoms with Gasteiger partial charge in [-0.05, 0) is 113 Å². The van der Waals surface area contributed by atoms with E-state index in [2.05, 4.69) is 161 Å². The van der Waals surface area contributed by atoms with Crippen LogP contribution in [0.25, 0.3) is 33.4 Å². The fourth-order valence-electron chi connectivity index (χ4n) is 4.71. The average molecular weight is 561 g/mol. The maximum absolute atomic E-state index is 4.23. The normalized spacial score (nSPS) is 13.6. The molecule has 0 radical (unpaired) electrons. The van der Waals surface area contributed by atoms with Gasteiger partial charge in [0.2, 0.25) is 0 Å². The number of hydrogen-bond acceptors (Lipinski definition) is 0. The number of rotatable bonds is 13. The molecule has 0 heteroatoms. The SMILES string of the molecule is C=C\C=C/C(=C\C=C/C)c1cccc(-c2cc(/C(C=C)=C/C(=C\C)C(/C=C\CC)=C/C=C\C)cc(-c3ccccc3)c2)c1. The van der Waals surface area contributed by atoms with E-state index in [1.54, 1.807) is 0 Å². The van der Waals surface area contributed by atoms with Crippen molar-refractivity contribution >= 4 is 11.1 Å². The largest absolute Gasteiger partial charge is 0.0991 e. The van der Waals surface area contributed by atoms with E-state index in [0.29, 0.717) is 0 Å². The fraction of sp³-hybridized carbons (Fsp3) is 0.116. The first-order chi connectivity index (χ1) is 21.1. The zero-order chi connectivity index (χ0) is 30.9. The lowest BCUT2D eigenvalue weighted by Gasteiger charge is -2.14. The first kappa shape index (κ1) is 32.6. The summed E-state index contributed by atoms with van der Waals surface area (Å²) in [5.74, 6) is 0. The van der Waals surface area contributed by atoms with Gasteiger partial charge >= 0.3 is 0 Å². The lowest BCUT2D eigenvalue weighted by molar-refractivity contribution is 1.22. The second kappa shape index (κ2) is 17.8. The topological polar surface area (TPSA) is 0 Å². The molecule has 0 atom stereocenters. The van der Waals surface area contributed by atoms with Crippen LogP contribution in [0.15, 0.2) is 182 Å². The van der Waals surface area contributed by atoms with Gasteiger partial charge in [0.15, 0.2) is 0 Å². The number of allylic oxidation sites excluding steroid dienone is 18. The molecule has 3 aromatic rings. The van der Waals surface area contributed by atoms with Crippen LogP contribution in [-0.4, -0.2) is 0 Å². The minimum Gasteiger partial charge on any atom is -0.0991 e. The number of hydrogen-bond donors (Lipinski definition) is 0. The summed E-state index contributed by atoms with van der Waals surface area (Å²) in [7, 11) is 0. The van der Waals surface area contributed by atoms with Crippen LogP contribution in [0.2, 0.25) is 0 Å². The number of benzene rings is 3. The molecule has 0 saturated carbocycles. The molecule has 0 nitrogen and oxygen atoms in total. The van der Waals surface area contributed by atoms with Crippen molar-refractivity contribution in [2.75, 3.05) is 0 Å². The van der Waals surface area contributed by atoms with E-state index in [1.165, 1.54) is 16.7 Å². The zero-order valence-electron chi connectivity index (χ0n) is 26.1. The minimum absolute atomic E-state index is 0.985. The first-order valence-corrected chi connectivity index (χ1v) is 15.0. The summed E-state index contributed by atoms with van der Waals surface area (Å²) in [4.78, 5) is 0. The Kier molecular flexibility index (Phi) is 13.5. The molecule has 0 unspecified atom stereocenters. The Hall–Kier alpha value is -4.94. The molecule has 0 N–H and O–H groups in total. The average Bonchev–Trinajstić information content (AvgIpc) is 3.06. The molecule has 3 aromatic carbocycles.